The Morgan fingerprint density at radius 2 is 2.04 bits per heavy atom. The summed E-state index contributed by atoms with van der Waals surface area (Å²) in [6.07, 6.45) is 5.62. The summed E-state index contributed by atoms with van der Waals surface area (Å²) in [5.41, 5.74) is 1.97. The van der Waals surface area contributed by atoms with Crippen molar-refractivity contribution >= 4 is 5.69 Å². The van der Waals surface area contributed by atoms with Crippen LogP contribution >= 0.6 is 0 Å². The molecule has 0 radical (unpaired) electrons. The number of nitrogens with zero attached hydrogens (tertiary/aromatic N) is 1. The average Bonchev–Trinajstić information content (AvgIpc) is 2.81. The number of aryl methyl sites for hydroxylation is 1. The quantitative estimate of drug-likeness (QED) is 0.613. The van der Waals surface area contributed by atoms with Gasteiger partial charge in [-0.15, -0.1) is 0 Å². The SMILES string of the molecule is C[C@]12CC[C@@H]3c4cc([N+](=O)[O-])c(O)cc4CC[C@H]3[C@@H]1CC[C@@H]2O. The zero-order valence-electron chi connectivity index (χ0n) is 13.4. The minimum Gasteiger partial charge on any atom is -0.502 e. The fourth-order valence-corrected chi connectivity index (χ4v) is 5.71. The van der Waals surface area contributed by atoms with E-state index in [0.717, 1.165) is 49.7 Å². The molecule has 0 spiro atoms. The third kappa shape index (κ3) is 2.02. The minimum atomic E-state index is -0.495. The normalized spacial score (nSPS) is 38.5. The van der Waals surface area contributed by atoms with Crippen molar-refractivity contribution in [3.63, 3.8) is 0 Å². The maximum atomic E-state index is 11.2. The van der Waals surface area contributed by atoms with E-state index in [2.05, 4.69) is 6.92 Å². The van der Waals surface area contributed by atoms with Gasteiger partial charge in [0.25, 0.3) is 0 Å². The predicted octanol–water partition coefficient (Wildman–Crippen LogP) is 3.52. The number of phenolic OH excluding ortho intramolecular Hbond substituents is 1. The maximum absolute atomic E-state index is 11.2. The number of rotatable bonds is 1. The molecule has 0 heterocycles. The Bertz CT molecular complexity index is 673. The molecule has 5 atom stereocenters. The maximum Gasteiger partial charge on any atom is 0.310 e. The predicted molar refractivity (Wildman–Crippen MR) is 85.4 cm³/mol. The molecule has 0 aromatic heterocycles. The molecule has 0 saturated heterocycles. The van der Waals surface area contributed by atoms with E-state index in [4.69, 9.17) is 0 Å². The van der Waals surface area contributed by atoms with Gasteiger partial charge in [-0.2, -0.15) is 0 Å². The lowest BCUT2D eigenvalue weighted by Gasteiger charge is -2.50. The van der Waals surface area contributed by atoms with E-state index in [-0.39, 0.29) is 23.0 Å². The molecule has 23 heavy (non-hydrogen) atoms. The highest BCUT2D eigenvalue weighted by atomic mass is 16.6. The molecule has 2 N–H and O–H groups in total. The van der Waals surface area contributed by atoms with Gasteiger partial charge in [-0.25, -0.2) is 0 Å². The van der Waals surface area contributed by atoms with Crippen LogP contribution in [0.5, 0.6) is 5.75 Å². The Labute approximate surface area is 135 Å². The molecule has 3 aliphatic carbocycles. The first-order valence-corrected chi connectivity index (χ1v) is 8.60. The fraction of sp³-hybridized carbons (Fsp3) is 0.667. The Hall–Kier alpha value is -1.62. The highest BCUT2D eigenvalue weighted by molar-refractivity contribution is 5.53. The summed E-state index contributed by atoms with van der Waals surface area (Å²) in [5, 5.41) is 31.4. The van der Waals surface area contributed by atoms with E-state index in [1.165, 1.54) is 0 Å². The minimum absolute atomic E-state index is 0.0154. The molecule has 0 aliphatic heterocycles. The van der Waals surface area contributed by atoms with Crippen molar-refractivity contribution in [2.24, 2.45) is 17.3 Å². The highest BCUT2D eigenvalue weighted by Gasteiger charge is 2.54. The number of aliphatic hydroxyl groups is 1. The van der Waals surface area contributed by atoms with E-state index < -0.39 is 4.92 Å². The lowest BCUT2D eigenvalue weighted by atomic mass is 9.55. The number of fused-ring (bicyclic) bond motifs is 5. The Kier molecular flexibility index (Phi) is 3.21. The van der Waals surface area contributed by atoms with Crippen LogP contribution in [0.4, 0.5) is 5.69 Å². The largest absolute Gasteiger partial charge is 0.502 e. The molecule has 2 fully saturated rings. The first kappa shape index (κ1) is 14.9. The summed E-state index contributed by atoms with van der Waals surface area (Å²) in [6.45, 7) is 2.22. The number of hydrogen-bond donors (Lipinski definition) is 2. The molecule has 124 valence electrons. The third-order valence-electron chi connectivity index (χ3n) is 6.97. The van der Waals surface area contributed by atoms with Gasteiger partial charge in [0.2, 0.25) is 0 Å². The van der Waals surface area contributed by atoms with Crippen molar-refractivity contribution in [1.29, 1.82) is 0 Å². The molecule has 0 bridgehead atoms. The van der Waals surface area contributed by atoms with E-state index in [1.807, 2.05) is 0 Å². The molecular formula is C18H23NO4. The molecule has 2 saturated carbocycles. The van der Waals surface area contributed by atoms with Crippen LogP contribution in [0.2, 0.25) is 0 Å². The number of aliphatic hydroxyl groups excluding tert-OH is 1. The van der Waals surface area contributed by atoms with Crippen LogP contribution in [0.3, 0.4) is 0 Å². The number of benzene rings is 1. The number of hydrogen-bond acceptors (Lipinski definition) is 4. The standard InChI is InChI=1S/C18H23NO4/c1-18-7-6-11-12(14(18)4-5-17(18)21)3-2-10-8-16(20)15(19(22)23)9-13(10)11/h8-9,11-12,14,17,20-21H,2-7H2,1H3/t11-,12+,14-,17-,18-/m0/s1. The van der Waals surface area contributed by atoms with Crippen molar-refractivity contribution in [3.8, 4) is 5.75 Å². The summed E-state index contributed by atoms with van der Waals surface area (Å²) in [5.74, 6) is 1.13. The van der Waals surface area contributed by atoms with Gasteiger partial charge in [0.1, 0.15) is 0 Å². The van der Waals surface area contributed by atoms with E-state index >= 15 is 0 Å². The molecule has 1 aromatic rings. The number of nitro benzene ring substituents is 1. The van der Waals surface area contributed by atoms with Gasteiger partial charge < -0.3 is 10.2 Å². The van der Waals surface area contributed by atoms with Crippen molar-refractivity contribution in [3.05, 3.63) is 33.4 Å². The van der Waals surface area contributed by atoms with Crippen molar-refractivity contribution < 1.29 is 15.1 Å². The monoisotopic (exact) mass is 317 g/mol. The lowest BCUT2D eigenvalue weighted by molar-refractivity contribution is -0.386. The summed E-state index contributed by atoms with van der Waals surface area (Å²) >= 11 is 0. The van der Waals surface area contributed by atoms with Gasteiger partial charge in [-0.3, -0.25) is 10.1 Å². The van der Waals surface area contributed by atoms with Crippen molar-refractivity contribution in [2.75, 3.05) is 0 Å². The van der Waals surface area contributed by atoms with Gasteiger partial charge in [-0.1, -0.05) is 6.92 Å². The molecule has 0 amide bonds. The number of aromatic hydroxyl groups is 1. The summed E-state index contributed by atoms with van der Waals surface area (Å²) in [6, 6.07) is 3.20. The lowest BCUT2D eigenvalue weighted by Crippen LogP contribution is -2.43. The van der Waals surface area contributed by atoms with Gasteiger partial charge in [0.15, 0.2) is 5.75 Å². The van der Waals surface area contributed by atoms with Gasteiger partial charge in [-0.05, 0) is 78.9 Å². The average molecular weight is 317 g/mol. The molecule has 5 heteroatoms. The molecule has 3 aliphatic rings. The molecular weight excluding hydrogens is 294 g/mol. The van der Waals surface area contributed by atoms with Crippen LogP contribution in [0.1, 0.15) is 56.1 Å². The second kappa shape index (κ2) is 4.94. The summed E-state index contributed by atoms with van der Waals surface area (Å²) in [7, 11) is 0. The second-order valence-electron chi connectivity index (χ2n) is 7.85. The highest BCUT2D eigenvalue weighted by Crippen LogP contribution is 2.61. The van der Waals surface area contributed by atoms with Gasteiger partial charge in [0.05, 0.1) is 11.0 Å². The third-order valence-corrected chi connectivity index (χ3v) is 6.97. The second-order valence-corrected chi connectivity index (χ2v) is 7.85. The van der Waals surface area contributed by atoms with Crippen LogP contribution in [0.15, 0.2) is 12.1 Å². The fourth-order valence-electron chi connectivity index (χ4n) is 5.71. The van der Waals surface area contributed by atoms with Crippen molar-refractivity contribution in [1.82, 2.24) is 0 Å². The molecule has 1 aromatic carbocycles. The van der Waals surface area contributed by atoms with Crippen molar-refractivity contribution in [2.45, 2.75) is 57.5 Å². The van der Waals surface area contributed by atoms with Crippen LogP contribution in [-0.2, 0) is 6.42 Å². The number of phenols is 1. The van der Waals surface area contributed by atoms with Crippen LogP contribution < -0.4 is 0 Å². The molecule has 0 unspecified atom stereocenters. The first-order valence-electron chi connectivity index (χ1n) is 8.60. The summed E-state index contributed by atoms with van der Waals surface area (Å²) in [4.78, 5) is 10.7. The van der Waals surface area contributed by atoms with E-state index in [0.29, 0.717) is 17.8 Å². The van der Waals surface area contributed by atoms with Crippen LogP contribution in [0.25, 0.3) is 0 Å². The Morgan fingerprint density at radius 1 is 1.26 bits per heavy atom. The van der Waals surface area contributed by atoms with Crippen LogP contribution in [0, 0.1) is 27.4 Å². The van der Waals surface area contributed by atoms with Crippen LogP contribution in [-0.4, -0.2) is 21.2 Å². The summed E-state index contributed by atoms with van der Waals surface area (Å²) < 4.78 is 0. The zero-order chi connectivity index (χ0) is 16.4. The zero-order valence-corrected chi connectivity index (χ0v) is 13.4. The first-order chi connectivity index (χ1) is 10.9. The number of nitro groups is 1. The Balaban J connectivity index is 1.74. The molecule has 5 nitrogen and oxygen atoms in total. The smallest absolute Gasteiger partial charge is 0.310 e. The van der Waals surface area contributed by atoms with E-state index in [9.17, 15) is 20.3 Å². The topological polar surface area (TPSA) is 83.6 Å². The molecule has 4 rings (SSSR count). The van der Waals surface area contributed by atoms with Gasteiger partial charge in [0, 0.05) is 6.07 Å². The Morgan fingerprint density at radius 3 is 2.78 bits per heavy atom. The van der Waals surface area contributed by atoms with E-state index in [1.54, 1.807) is 12.1 Å². The van der Waals surface area contributed by atoms with Gasteiger partial charge >= 0.3 is 5.69 Å².